The molecule has 1 aromatic heterocycles. The Morgan fingerprint density at radius 2 is 2.00 bits per heavy atom. The van der Waals surface area contributed by atoms with Crippen molar-refractivity contribution in [1.29, 1.82) is 0 Å². The molecule has 1 aliphatic heterocycles. The highest BCUT2D eigenvalue weighted by atomic mass is 16.5. The van der Waals surface area contributed by atoms with Gasteiger partial charge in [0.05, 0.1) is 5.69 Å². The van der Waals surface area contributed by atoms with E-state index in [0.717, 1.165) is 13.1 Å². The molecule has 3 rings (SSSR count). The van der Waals surface area contributed by atoms with Crippen LogP contribution in [0.2, 0.25) is 0 Å². The van der Waals surface area contributed by atoms with E-state index in [2.05, 4.69) is 4.98 Å². The molecular weight excluding hydrogens is 274 g/mol. The lowest BCUT2D eigenvalue weighted by Gasteiger charge is -2.13. The van der Waals surface area contributed by atoms with Crippen LogP contribution in [-0.4, -0.2) is 38.8 Å². The topological polar surface area (TPSA) is 87.6 Å². The molecular formula is C14H17N3O4. The van der Waals surface area contributed by atoms with Gasteiger partial charge in [0, 0.05) is 32.6 Å². The number of rotatable bonds is 3. The molecule has 0 aliphatic carbocycles. The summed E-state index contributed by atoms with van der Waals surface area (Å²) in [6.45, 7) is 4.79. The van der Waals surface area contributed by atoms with E-state index in [-0.39, 0.29) is 18.1 Å². The minimum absolute atomic E-state index is 0.00249. The maximum Gasteiger partial charge on any atom is 0.303 e. The molecule has 0 spiro atoms. The van der Waals surface area contributed by atoms with Crippen LogP contribution in [-0.2, 0) is 23.2 Å². The largest absolute Gasteiger partial charge is 0.505 e. The van der Waals surface area contributed by atoms with Gasteiger partial charge < -0.3 is 24.4 Å². The number of fused-ring (bicyclic) bond motifs is 1. The van der Waals surface area contributed by atoms with E-state index in [9.17, 15) is 15.0 Å². The van der Waals surface area contributed by atoms with E-state index >= 15 is 0 Å². The third kappa shape index (κ3) is 2.05. The highest BCUT2D eigenvalue weighted by molar-refractivity contribution is 5.96. The molecule has 2 heterocycles. The molecule has 1 aromatic carbocycles. The number of ether oxygens (including phenoxy) is 1. The molecule has 0 atom stereocenters. The van der Waals surface area contributed by atoms with Crippen LogP contribution < -0.4 is 4.90 Å². The molecule has 2 aromatic rings. The van der Waals surface area contributed by atoms with Crippen molar-refractivity contribution in [3.05, 3.63) is 11.4 Å². The zero-order chi connectivity index (χ0) is 15.3. The standard InChI is InChI=1S/C14H17N3O4/c1-7-11(17-4-5-17)14(20)10-12(13(7)19)16(3)9(15-10)6-21-8(2)18/h19-20H,4-6H2,1-3H3. The maximum atomic E-state index is 10.9. The quantitative estimate of drug-likeness (QED) is 0.501. The number of hydrogen-bond acceptors (Lipinski definition) is 6. The summed E-state index contributed by atoms with van der Waals surface area (Å²) >= 11 is 0. The van der Waals surface area contributed by atoms with Crippen molar-refractivity contribution in [2.75, 3.05) is 18.0 Å². The Morgan fingerprint density at radius 3 is 2.57 bits per heavy atom. The molecule has 0 bridgehead atoms. The van der Waals surface area contributed by atoms with E-state index in [0.29, 0.717) is 28.1 Å². The Morgan fingerprint density at radius 1 is 1.33 bits per heavy atom. The molecule has 0 amide bonds. The fourth-order valence-corrected chi connectivity index (χ4v) is 2.52. The highest BCUT2D eigenvalue weighted by Crippen LogP contribution is 2.45. The first-order chi connectivity index (χ1) is 9.91. The van der Waals surface area contributed by atoms with E-state index in [1.807, 2.05) is 4.90 Å². The Labute approximate surface area is 121 Å². The van der Waals surface area contributed by atoms with Gasteiger partial charge in [0.2, 0.25) is 0 Å². The third-order valence-electron chi connectivity index (χ3n) is 3.74. The molecule has 2 N–H and O–H groups in total. The first kappa shape index (κ1) is 13.5. The second-order valence-electron chi connectivity index (χ2n) is 5.22. The first-order valence-electron chi connectivity index (χ1n) is 6.70. The van der Waals surface area contributed by atoms with Crippen LogP contribution in [0.3, 0.4) is 0 Å². The Kier molecular flexibility index (Phi) is 2.93. The van der Waals surface area contributed by atoms with Gasteiger partial charge in [-0.05, 0) is 6.92 Å². The first-order valence-corrected chi connectivity index (χ1v) is 6.70. The van der Waals surface area contributed by atoms with Gasteiger partial charge in [-0.15, -0.1) is 0 Å². The summed E-state index contributed by atoms with van der Waals surface area (Å²) in [7, 11) is 1.71. The number of aromatic nitrogens is 2. The summed E-state index contributed by atoms with van der Waals surface area (Å²) in [5.41, 5.74) is 2.01. The summed E-state index contributed by atoms with van der Waals surface area (Å²) in [5.74, 6) is 0.209. The van der Waals surface area contributed by atoms with Gasteiger partial charge in [-0.2, -0.15) is 0 Å². The Balaban J connectivity index is 2.19. The number of aryl methyl sites for hydroxylation is 1. The average Bonchev–Trinajstić information content (AvgIpc) is 3.18. The molecule has 0 radical (unpaired) electrons. The van der Waals surface area contributed by atoms with Gasteiger partial charge in [-0.3, -0.25) is 4.79 Å². The fraction of sp³-hybridized carbons (Fsp3) is 0.429. The van der Waals surface area contributed by atoms with Crippen LogP contribution in [0.5, 0.6) is 11.5 Å². The van der Waals surface area contributed by atoms with Gasteiger partial charge >= 0.3 is 5.97 Å². The molecule has 7 nitrogen and oxygen atoms in total. The van der Waals surface area contributed by atoms with Crippen LogP contribution in [0.4, 0.5) is 5.69 Å². The van der Waals surface area contributed by atoms with E-state index < -0.39 is 5.97 Å². The zero-order valence-corrected chi connectivity index (χ0v) is 12.2. The lowest BCUT2D eigenvalue weighted by atomic mass is 10.1. The summed E-state index contributed by atoms with van der Waals surface area (Å²) in [6, 6.07) is 0. The average molecular weight is 291 g/mol. The summed E-state index contributed by atoms with van der Waals surface area (Å²) in [5, 5.41) is 20.8. The molecule has 1 aliphatic rings. The van der Waals surface area contributed by atoms with Crippen LogP contribution >= 0.6 is 0 Å². The van der Waals surface area contributed by atoms with Gasteiger partial charge in [0.25, 0.3) is 0 Å². The Hall–Kier alpha value is -2.44. The highest BCUT2D eigenvalue weighted by Gasteiger charge is 2.29. The van der Waals surface area contributed by atoms with Crippen molar-refractivity contribution < 1.29 is 19.7 Å². The summed E-state index contributed by atoms with van der Waals surface area (Å²) in [6.07, 6.45) is 0. The number of hydrogen-bond donors (Lipinski definition) is 2. The number of anilines is 1. The van der Waals surface area contributed by atoms with Crippen LogP contribution in [0.25, 0.3) is 11.0 Å². The Bertz CT molecular complexity index is 747. The lowest BCUT2D eigenvalue weighted by Crippen LogP contribution is -2.04. The number of phenols is 2. The van der Waals surface area contributed by atoms with Crippen molar-refractivity contribution in [2.24, 2.45) is 7.05 Å². The van der Waals surface area contributed by atoms with Crippen molar-refractivity contribution >= 4 is 22.7 Å². The number of nitrogens with zero attached hydrogens (tertiary/aromatic N) is 3. The second-order valence-corrected chi connectivity index (χ2v) is 5.22. The number of carbonyl (C=O) groups is 1. The number of esters is 1. The molecule has 7 heteroatoms. The van der Waals surface area contributed by atoms with Crippen LogP contribution in [0, 0.1) is 6.92 Å². The third-order valence-corrected chi connectivity index (χ3v) is 3.74. The summed E-state index contributed by atoms with van der Waals surface area (Å²) in [4.78, 5) is 17.2. The van der Waals surface area contributed by atoms with Gasteiger partial charge in [-0.1, -0.05) is 0 Å². The van der Waals surface area contributed by atoms with E-state index in [1.165, 1.54) is 6.92 Å². The predicted octanol–water partition coefficient (Wildman–Crippen LogP) is 1.18. The number of carbonyl (C=O) groups excluding carboxylic acids is 1. The van der Waals surface area contributed by atoms with E-state index in [1.54, 1.807) is 18.5 Å². The predicted molar refractivity (Wildman–Crippen MR) is 76.5 cm³/mol. The van der Waals surface area contributed by atoms with Gasteiger partial charge in [0.15, 0.2) is 5.75 Å². The number of phenolic OH excluding ortho intramolecular Hbond substituents is 2. The zero-order valence-electron chi connectivity index (χ0n) is 12.2. The van der Waals surface area contributed by atoms with Crippen LogP contribution in [0.15, 0.2) is 0 Å². The number of benzene rings is 1. The number of aromatic hydroxyl groups is 2. The van der Waals surface area contributed by atoms with Crippen molar-refractivity contribution in [2.45, 2.75) is 20.5 Å². The van der Waals surface area contributed by atoms with Gasteiger partial charge in [0.1, 0.15) is 29.2 Å². The minimum Gasteiger partial charge on any atom is -0.505 e. The molecule has 0 saturated carbocycles. The summed E-state index contributed by atoms with van der Waals surface area (Å²) < 4.78 is 6.57. The molecule has 0 unspecified atom stereocenters. The molecule has 1 fully saturated rings. The second kappa shape index (κ2) is 4.54. The van der Waals surface area contributed by atoms with Crippen molar-refractivity contribution in [3.63, 3.8) is 0 Å². The van der Waals surface area contributed by atoms with Crippen LogP contribution in [0.1, 0.15) is 18.3 Å². The normalized spacial score (nSPS) is 13.8. The van der Waals surface area contributed by atoms with E-state index in [4.69, 9.17) is 4.74 Å². The monoisotopic (exact) mass is 291 g/mol. The molecule has 1 saturated heterocycles. The van der Waals surface area contributed by atoms with Crippen molar-refractivity contribution in [3.8, 4) is 11.5 Å². The number of imidazole rings is 1. The maximum absolute atomic E-state index is 10.9. The molecule has 21 heavy (non-hydrogen) atoms. The fourth-order valence-electron chi connectivity index (χ4n) is 2.52. The lowest BCUT2D eigenvalue weighted by molar-refractivity contribution is -0.142. The SMILES string of the molecule is CC(=O)OCc1nc2c(O)c(N3CC3)c(C)c(O)c2n1C. The minimum atomic E-state index is -0.406. The smallest absolute Gasteiger partial charge is 0.303 e. The van der Waals surface area contributed by atoms with Crippen molar-refractivity contribution in [1.82, 2.24) is 9.55 Å². The molecule has 112 valence electrons. The van der Waals surface area contributed by atoms with Gasteiger partial charge in [-0.25, -0.2) is 4.98 Å².